The minimum absolute atomic E-state index is 0.0556. The Kier molecular flexibility index (Phi) is 3.98. The van der Waals surface area contributed by atoms with Crippen molar-refractivity contribution in [1.29, 1.82) is 0 Å². The van der Waals surface area contributed by atoms with Gasteiger partial charge in [0.15, 0.2) is 4.34 Å². The molecule has 2 atom stereocenters. The molecule has 2 aromatic rings. The lowest BCUT2D eigenvalue weighted by atomic mass is 10.1. The van der Waals surface area contributed by atoms with Gasteiger partial charge in [0.05, 0.1) is 11.5 Å². The summed E-state index contributed by atoms with van der Waals surface area (Å²) in [7, 11) is 0. The van der Waals surface area contributed by atoms with E-state index in [1.54, 1.807) is 23.5 Å². The topological polar surface area (TPSA) is 64.9 Å². The number of nitrogens with two attached hydrogens (primary N) is 1. The number of aromatic nitrogens is 2. The molecule has 0 bridgehead atoms. The van der Waals surface area contributed by atoms with Gasteiger partial charge in [0, 0.05) is 6.04 Å². The molecule has 0 aromatic carbocycles. The third-order valence-electron chi connectivity index (χ3n) is 2.25. The Balaban J connectivity index is 2.15. The predicted octanol–water partition coefficient (Wildman–Crippen LogP) is 2.70. The van der Waals surface area contributed by atoms with Crippen molar-refractivity contribution in [2.75, 3.05) is 0 Å². The molecule has 2 rings (SSSR count). The van der Waals surface area contributed by atoms with Gasteiger partial charge in [0.2, 0.25) is 0 Å². The summed E-state index contributed by atoms with van der Waals surface area (Å²) < 4.78 is 6.34. The normalized spacial score (nSPS) is 14.9. The summed E-state index contributed by atoms with van der Waals surface area (Å²) in [6, 6.07) is 3.89. The Morgan fingerprint density at radius 2 is 2.50 bits per heavy atom. The molecule has 2 heterocycles. The summed E-state index contributed by atoms with van der Waals surface area (Å²) in [5, 5.41) is 7.94. The average Bonchev–Trinajstić information content (AvgIpc) is 2.97. The molecule has 0 aliphatic heterocycles. The Morgan fingerprint density at radius 1 is 1.62 bits per heavy atom. The molecule has 4 nitrogen and oxygen atoms in total. The first-order valence-corrected chi connectivity index (χ1v) is 6.79. The first-order valence-electron chi connectivity index (χ1n) is 5.03. The van der Waals surface area contributed by atoms with Gasteiger partial charge in [-0.25, -0.2) is 0 Å². The summed E-state index contributed by atoms with van der Waals surface area (Å²) in [6.07, 6.45) is 2.57. The molecule has 0 amide bonds. The Bertz CT molecular complexity index is 402. The SMILES string of the molecule is CCC(N)C(Sc1nncs1)c1ccco1. The Morgan fingerprint density at radius 3 is 3.06 bits per heavy atom. The predicted molar refractivity (Wildman–Crippen MR) is 65.5 cm³/mol. The fourth-order valence-corrected chi connectivity index (χ4v) is 3.22. The molecule has 0 aliphatic carbocycles. The van der Waals surface area contributed by atoms with Crippen molar-refractivity contribution in [2.24, 2.45) is 5.73 Å². The van der Waals surface area contributed by atoms with Gasteiger partial charge in [0.1, 0.15) is 11.3 Å². The van der Waals surface area contributed by atoms with Crippen molar-refractivity contribution in [3.63, 3.8) is 0 Å². The van der Waals surface area contributed by atoms with Crippen LogP contribution in [0.4, 0.5) is 0 Å². The van der Waals surface area contributed by atoms with Crippen LogP contribution in [0, 0.1) is 0 Å². The van der Waals surface area contributed by atoms with Gasteiger partial charge < -0.3 is 10.2 Å². The summed E-state index contributed by atoms with van der Waals surface area (Å²) in [6.45, 7) is 2.07. The van der Waals surface area contributed by atoms with Gasteiger partial charge in [-0.3, -0.25) is 0 Å². The molecular weight excluding hydrogens is 242 g/mol. The number of hydrogen-bond donors (Lipinski definition) is 1. The van der Waals surface area contributed by atoms with Crippen molar-refractivity contribution >= 4 is 23.1 Å². The van der Waals surface area contributed by atoms with E-state index in [-0.39, 0.29) is 11.3 Å². The van der Waals surface area contributed by atoms with Crippen LogP contribution in [0.25, 0.3) is 0 Å². The maximum atomic E-state index is 6.10. The van der Waals surface area contributed by atoms with Crippen molar-refractivity contribution in [3.05, 3.63) is 29.7 Å². The maximum absolute atomic E-state index is 6.10. The molecule has 0 spiro atoms. The fraction of sp³-hybridized carbons (Fsp3) is 0.400. The molecule has 86 valence electrons. The van der Waals surface area contributed by atoms with Gasteiger partial charge in [0.25, 0.3) is 0 Å². The van der Waals surface area contributed by atoms with Crippen LogP contribution in [-0.4, -0.2) is 16.2 Å². The maximum Gasteiger partial charge on any atom is 0.174 e. The van der Waals surface area contributed by atoms with Gasteiger partial charge in [-0.2, -0.15) is 0 Å². The Labute approximate surface area is 102 Å². The molecule has 2 aromatic heterocycles. The number of hydrogen-bond acceptors (Lipinski definition) is 6. The van der Waals surface area contributed by atoms with Crippen molar-refractivity contribution in [2.45, 2.75) is 29.0 Å². The van der Waals surface area contributed by atoms with Crippen LogP contribution in [0.3, 0.4) is 0 Å². The lowest BCUT2D eigenvalue weighted by molar-refractivity contribution is 0.474. The van der Waals surface area contributed by atoms with E-state index >= 15 is 0 Å². The largest absolute Gasteiger partial charge is 0.468 e. The van der Waals surface area contributed by atoms with Crippen LogP contribution in [0.5, 0.6) is 0 Å². The van der Waals surface area contributed by atoms with E-state index in [4.69, 9.17) is 10.2 Å². The highest BCUT2D eigenvalue weighted by Gasteiger charge is 2.23. The zero-order valence-corrected chi connectivity index (χ0v) is 10.5. The molecule has 0 aliphatic rings. The summed E-state index contributed by atoms with van der Waals surface area (Å²) in [5.41, 5.74) is 7.82. The standard InChI is InChI=1S/C10H13N3OS2/c1-2-7(11)9(8-4-3-5-14-8)16-10-13-12-6-15-10/h3-7,9H,2,11H2,1H3. The molecule has 2 N–H and O–H groups in total. The van der Waals surface area contributed by atoms with E-state index in [1.807, 2.05) is 12.1 Å². The molecule has 6 heteroatoms. The van der Waals surface area contributed by atoms with E-state index in [0.717, 1.165) is 16.5 Å². The Hall–Kier alpha value is -0.850. The van der Waals surface area contributed by atoms with E-state index in [9.17, 15) is 0 Å². The lowest BCUT2D eigenvalue weighted by Crippen LogP contribution is -2.25. The van der Waals surface area contributed by atoms with Gasteiger partial charge in [-0.1, -0.05) is 30.0 Å². The second-order valence-electron chi connectivity index (χ2n) is 3.33. The van der Waals surface area contributed by atoms with Gasteiger partial charge >= 0.3 is 0 Å². The molecule has 0 radical (unpaired) electrons. The van der Waals surface area contributed by atoms with E-state index in [0.29, 0.717) is 0 Å². The molecule has 0 fully saturated rings. The fourth-order valence-electron chi connectivity index (χ4n) is 1.35. The summed E-state index contributed by atoms with van der Waals surface area (Å²) in [5.74, 6) is 0.898. The van der Waals surface area contributed by atoms with Crippen LogP contribution >= 0.6 is 23.1 Å². The zero-order valence-electron chi connectivity index (χ0n) is 8.87. The smallest absolute Gasteiger partial charge is 0.174 e. The molecule has 0 saturated carbocycles. The van der Waals surface area contributed by atoms with E-state index in [2.05, 4.69) is 17.1 Å². The van der Waals surface area contributed by atoms with Gasteiger partial charge in [-0.05, 0) is 18.6 Å². The van der Waals surface area contributed by atoms with Crippen molar-refractivity contribution in [1.82, 2.24) is 10.2 Å². The number of nitrogens with zero attached hydrogens (tertiary/aromatic N) is 2. The van der Waals surface area contributed by atoms with Crippen LogP contribution in [0.1, 0.15) is 24.4 Å². The minimum Gasteiger partial charge on any atom is -0.468 e. The monoisotopic (exact) mass is 255 g/mol. The molecule has 2 unspecified atom stereocenters. The highest BCUT2D eigenvalue weighted by molar-refractivity contribution is 8.01. The number of thioether (sulfide) groups is 1. The number of furan rings is 1. The summed E-state index contributed by atoms with van der Waals surface area (Å²) >= 11 is 3.13. The first kappa shape index (κ1) is 11.6. The third-order valence-corrected chi connectivity index (χ3v) is 4.43. The van der Waals surface area contributed by atoms with E-state index in [1.165, 1.54) is 11.3 Å². The minimum atomic E-state index is 0.0556. The second-order valence-corrected chi connectivity index (χ2v) is 5.55. The number of rotatable bonds is 5. The molecular formula is C10H13N3OS2. The van der Waals surface area contributed by atoms with Crippen molar-refractivity contribution < 1.29 is 4.42 Å². The van der Waals surface area contributed by atoms with Crippen molar-refractivity contribution in [3.8, 4) is 0 Å². The van der Waals surface area contributed by atoms with Crippen LogP contribution in [0.15, 0.2) is 32.7 Å². The van der Waals surface area contributed by atoms with Crippen LogP contribution in [0.2, 0.25) is 0 Å². The van der Waals surface area contributed by atoms with Crippen LogP contribution < -0.4 is 5.73 Å². The third kappa shape index (κ3) is 2.63. The highest BCUT2D eigenvalue weighted by Crippen LogP contribution is 2.38. The quantitative estimate of drug-likeness (QED) is 0.832. The van der Waals surface area contributed by atoms with E-state index < -0.39 is 0 Å². The summed E-state index contributed by atoms with van der Waals surface area (Å²) in [4.78, 5) is 0. The zero-order chi connectivity index (χ0) is 11.4. The first-order chi connectivity index (χ1) is 7.81. The average molecular weight is 255 g/mol. The van der Waals surface area contributed by atoms with Gasteiger partial charge in [-0.15, -0.1) is 10.2 Å². The lowest BCUT2D eigenvalue weighted by Gasteiger charge is -2.18. The van der Waals surface area contributed by atoms with Crippen LogP contribution in [-0.2, 0) is 0 Å². The second kappa shape index (κ2) is 5.47. The molecule has 16 heavy (non-hydrogen) atoms. The molecule has 0 saturated heterocycles. The highest BCUT2D eigenvalue weighted by atomic mass is 32.2.